The Hall–Kier alpha value is -2.78. The molecule has 3 atom stereocenters. The predicted molar refractivity (Wildman–Crippen MR) is 99.6 cm³/mol. The van der Waals surface area contributed by atoms with E-state index in [9.17, 15) is 13.6 Å². The molecular formula is C18H23F2N7O. The third-order valence-corrected chi connectivity index (χ3v) is 5.79. The number of aromatic nitrogens is 4. The van der Waals surface area contributed by atoms with Crippen LogP contribution in [0.15, 0.2) is 24.7 Å². The average Bonchev–Trinajstić information content (AvgIpc) is 2.96. The summed E-state index contributed by atoms with van der Waals surface area (Å²) in [5.41, 5.74) is 0.792. The van der Waals surface area contributed by atoms with E-state index in [-0.39, 0.29) is 25.8 Å². The number of carbonyl (C=O) groups is 1. The molecule has 2 bridgehead atoms. The Balaban J connectivity index is 0.00000205. The standard InChI is InChI=1S/C18H21F2N7O.H2/c1-25-8-11(7-22-25)23-17-21-5-4-15(24-17)26-9-12-2-3-13(10-26)27(12)16(28)14-6-18(14,19)20;/h4-5,7-8,12-14H,2-3,6,9-10H2,1H3,(H,21,23,24);1H/t12-,13+,14?;. The molecule has 0 aromatic carbocycles. The van der Waals surface area contributed by atoms with Gasteiger partial charge in [0.2, 0.25) is 11.9 Å². The van der Waals surface area contributed by atoms with Gasteiger partial charge in [-0.15, -0.1) is 0 Å². The van der Waals surface area contributed by atoms with E-state index in [1.165, 1.54) is 0 Å². The molecule has 5 rings (SSSR count). The summed E-state index contributed by atoms with van der Waals surface area (Å²) in [6, 6.07) is 1.76. The van der Waals surface area contributed by atoms with Crippen LogP contribution < -0.4 is 10.2 Å². The average molecular weight is 391 g/mol. The van der Waals surface area contributed by atoms with E-state index in [2.05, 4.69) is 25.3 Å². The minimum Gasteiger partial charge on any atom is -0.352 e. The fourth-order valence-electron chi connectivity index (χ4n) is 4.31. The van der Waals surface area contributed by atoms with Crippen LogP contribution in [0.5, 0.6) is 0 Å². The molecule has 2 saturated heterocycles. The first kappa shape index (κ1) is 17.3. The molecule has 4 heterocycles. The highest BCUT2D eigenvalue weighted by molar-refractivity contribution is 5.84. The number of hydrogen-bond donors (Lipinski definition) is 1. The van der Waals surface area contributed by atoms with Crippen molar-refractivity contribution in [2.75, 3.05) is 23.3 Å². The fraction of sp³-hybridized carbons (Fsp3) is 0.556. The van der Waals surface area contributed by atoms with Gasteiger partial charge in [-0.3, -0.25) is 9.48 Å². The number of carbonyl (C=O) groups excluding carboxylic acids is 1. The summed E-state index contributed by atoms with van der Waals surface area (Å²) < 4.78 is 28.4. The van der Waals surface area contributed by atoms with Crippen molar-refractivity contribution in [3.05, 3.63) is 24.7 Å². The number of anilines is 3. The minimum atomic E-state index is -2.81. The molecule has 1 saturated carbocycles. The molecule has 3 fully saturated rings. The molecule has 1 aliphatic carbocycles. The van der Waals surface area contributed by atoms with E-state index in [4.69, 9.17) is 0 Å². The van der Waals surface area contributed by atoms with Gasteiger partial charge in [-0.25, -0.2) is 13.8 Å². The fourth-order valence-corrected chi connectivity index (χ4v) is 4.31. The minimum absolute atomic E-state index is 0. The van der Waals surface area contributed by atoms with Crippen molar-refractivity contribution in [3.8, 4) is 0 Å². The Labute approximate surface area is 162 Å². The summed E-state index contributed by atoms with van der Waals surface area (Å²) in [6.45, 7) is 1.20. The number of halogens is 2. The molecular weight excluding hydrogens is 368 g/mol. The summed E-state index contributed by atoms with van der Waals surface area (Å²) in [6.07, 6.45) is 6.59. The van der Waals surface area contributed by atoms with Gasteiger partial charge in [-0.2, -0.15) is 10.1 Å². The normalized spacial score (nSPS) is 27.8. The van der Waals surface area contributed by atoms with E-state index in [0.717, 1.165) is 24.3 Å². The SMILES string of the molecule is Cn1cc(Nc2nccc(N3C[C@H]4CC[C@@H](C3)N4C(=O)C3CC3(F)F)n2)cn1.[HH]. The third kappa shape index (κ3) is 2.96. The van der Waals surface area contributed by atoms with Crippen molar-refractivity contribution in [1.29, 1.82) is 0 Å². The van der Waals surface area contributed by atoms with Crippen molar-refractivity contribution < 1.29 is 15.0 Å². The van der Waals surface area contributed by atoms with Crippen molar-refractivity contribution in [3.63, 3.8) is 0 Å². The Morgan fingerprint density at radius 3 is 2.64 bits per heavy atom. The molecule has 1 amide bonds. The van der Waals surface area contributed by atoms with E-state index in [1.54, 1.807) is 22.0 Å². The lowest BCUT2D eigenvalue weighted by molar-refractivity contribution is -0.138. The van der Waals surface area contributed by atoms with Crippen molar-refractivity contribution in [2.24, 2.45) is 13.0 Å². The first-order chi connectivity index (χ1) is 13.4. The van der Waals surface area contributed by atoms with Gasteiger partial charge in [0.15, 0.2) is 0 Å². The van der Waals surface area contributed by atoms with E-state index in [1.807, 2.05) is 19.3 Å². The summed E-state index contributed by atoms with van der Waals surface area (Å²) in [4.78, 5) is 25.2. The maximum absolute atomic E-state index is 13.4. The van der Waals surface area contributed by atoms with Gasteiger partial charge in [0.25, 0.3) is 5.92 Å². The van der Waals surface area contributed by atoms with Crippen LogP contribution in [0.1, 0.15) is 20.7 Å². The van der Waals surface area contributed by atoms with E-state index >= 15 is 0 Å². The molecule has 1 N–H and O–H groups in total. The van der Waals surface area contributed by atoms with Gasteiger partial charge in [-0.05, 0) is 18.9 Å². The lowest BCUT2D eigenvalue weighted by Crippen LogP contribution is -2.56. The van der Waals surface area contributed by atoms with Crippen LogP contribution in [0, 0.1) is 5.92 Å². The number of alkyl halides is 2. The molecule has 8 nitrogen and oxygen atoms in total. The lowest BCUT2D eigenvalue weighted by Gasteiger charge is -2.41. The van der Waals surface area contributed by atoms with E-state index in [0.29, 0.717) is 19.0 Å². The number of hydrogen-bond acceptors (Lipinski definition) is 6. The van der Waals surface area contributed by atoms with Crippen LogP contribution in [-0.2, 0) is 11.8 Å². The van der Waals surface area contributed by atoms with Gasteiger partial charge in [0.05, 0.1) is 11.9 Å². The first-order valence-corrected chi connectivity index (χ1v) is 9.44. The van der Waals surface area contributed by atoms with E-state index < -0.39 is 11.8 Å². The van der Waals surface area contributed by atoms with Gasteiger partial charge in [-0.1, -0.05) is 0 Å². The van der Waals surface area contributed by atoms with Crippen LogP contribution in [0.3, 0.4) is 0 Å². The second kappa shape index (κ2) is 6.11. The molecule has 28 heavy (non-hydrogen) atoms. The predicted octanol–water partition coefficient (Wildman–Crippen LogP) is 2.03. The quantitative estimate of drug-likeness (QED) is 0.859. The summed E-state index contributed by atoms with van der Waals surface area (Å²) in [5, 5.41) is 7.23. The van der Waals surface area contributed by atoms with Crippen molar-refractivity contribution in [1.82, 2.24) is 24.6 Å². The smallest absolute Gasteiger partial charge is 0.260 e. The summed E-state index contributed by atoms with van der Waals surface area (Å²) >= 11 is 0. The number of rotatable bonds is 4. The second-order valence-corrected chi connectivity index (χ2v) is 7.82. The Morgan fingerprint density at radius 2 is 2.04 bits per heavy atom. The van der Waals surface area contributed by atoms with Gasteiger partial charge in [0.1, 0.15) is 11.7 Å². The maximum Gasteiger partial charge on any atom is 0.260 e. The van der Waals surface area contributed by atoms with Gasteiger partial charge in [0, 0.05) is 52.5 Å². The molecule has 1 unspecified atom stereocenters. The number of nitrogens with zero attached hydrogens (tertiary/aromatic N) is 6. The van der Waals surface area contributed by atoms with Crippen LogP contribution in [-0.4, -0.2) is 61.7 Å². The molecule has 10 heteroatoms. The van der Waals surface area contributed by atoms with Crippen LogP contribution in [0.4, 0.5) is 26.2 Å². The first-order valence-electron chi connectivity index (χ1n) is 9.44. The highest BCUT2D eigenvalue weighted by Gasteiger charge is 2.64. The molecule has 2 aliphatic heterocycles. The monoisotopic (exact) mass is 391 g/mol. The molecule has 0 spiro atoms. The van der Waals surface area contributed by atoms with Crippen LogP contribution in [0.2, 0.25) is 0 Å². The van der Waals surface area contributed by atoms with Crippen molar-refractivity contribution in [2.45, 2.75) is 37.3 Å². The number of nitrogens with one attached hydrogen (secondary N) is 1. The van der Waals surface area contributed by atoms with Crippen LogP contribution in [0.25, 0.3) is 0 Å². The highest BCUT2D eigenvalue weighted by atomic mass is 19.3. The third-order valence-electron chi connectivity index (χ3n) is 5.79. The van der Waals surface area contributed by atoms with Gasteiger partial charge < -0.3 is 15.1 Å². The Kier molecular flexibility index (Phi) is 3.78. The number of fused-ring (bicyclic) bond motifs is 2. The van der Waals surface area contributed by atoms with Crippen LogP contribution >= 0.6 is 0 Å². The van der Waals surface area contributed by atoms with Crippen molar-refractivity contribution >= 4 is 23.4 Å². The zero-order valence-corrected chi connectivity index (χ0v) is 15.4. The molecule has 2 aromatic heterocycles. The number of amides is 1. The largest absolute Gasteiger partial charge is 0.352 e. The zero-order valence-electron chi connectivity index (χ0n) is 15.4. The lowest BCUT2D eigenvalue weighted by atomic mass is 10.1. The number of piperazine rings is 1. The molecule has 2 aromatic rings. The number of aryl methyl sites for hydroxylation is 1. The highest BCUT2D eigenvalue weighted by Crippen LogP contribution is 2.51. The Bertz CT molecular complexity index is 909. The second-order valence-electron chi connectivity index (χ2n) is 7.82. The summed E-state index contributed by atoms with van der Waals surface area (Å²) in [5.74, 6) is -3.07. The molecule has 0 radical (unpaired) electrons. The maximum atomic E-state index is 13.4. The molecule has 3 aliphatic rings. The summed E-state index contributed by atoms with van der Waals surface area (Å²) in [7, 11) is 1.83. The van der Waals surface area contributed by atoms with Gasteiger partial charge >= 0.3 is 0 Å². The Morgan fingerprint density at radius 1 is 1.32 bits per heavy atom. The zero-order chi connectivity index (χ0) is 19.5. The topological polar surface area (TPSA) is 79.2 Å². The molecule has 150 valence electrons.